The van der Waals surface area contributed by atoms with Crippen molar-refractivity contribution in [3.63, 3.8) is 0 Å². The minimum absolute atomic E-state index is 0. The van der Waals surface area contributed by atoms with Gasteiger partial charge in [-0.2, -0.15) is 0 Å². The fraction of sp³-hybridized carbons (Fsp3) is 0.440. The number of benzene rings is 2. The Morgan fingerprint density at radius 3 is 2.03 bits per heavy atom. The van der Waals surface area contributed by atoms with Gasteiger partial charge in [0.05, 0.1) is 17.4 Å². The summed E-state index contributed by atoms with van der Waals surface area (Å²) >= 11 is 0. The Labute approximate surface area is 209 Å². The third-order valence-corrected chi connectivity index (χ3v) is 4.02. The van der Waals surface area contributed by atoms with Gasteiger partial charge in [-0.1, -0.05) is 78.6 Å². The maximum Gasteiger partial charge on any atom is 0.221 e. The van der Waals surface area contributed by atoms with Crippen molar-refractivity contribution in [2.45, 2.75) is 74.9 Å². The molecule has 3 rings (SSSR count). The number of hydrogen-bond acceptors (Lipinski definition) is 2. The second-order valence-electron chi connectivity index (χ2n) is 6.96. The zero-order chi connectivity index (χ0) is 18.9. The van der Waals surface area contributed by atoms with E-state index in [0.717, 1.165) is 11.0 Å². The minimum atomic E-state index is 0. The van der Waals surface area contributed by atoms with E-state index in [9.17, 15) is 4.79 Å². The van der Waals surface area contributed by atoms with E-state index in [4.69, 9.17) is 0 Å². The number of hydrogen-bond donors (Lipinski definition) is 1. The van der Waals surface area contributed by atoms with Crippen molar-refractivity contribution in [3.8, 4) is 0 Å². The largest absolute Gasteiger partial charge is 0.354 e. The molecule has 0 saturated heterocycles. The number of aryl methyl sites for hydroxylation is 1. The molecule has 2 aromatic carbocycles. The second-order valence-corrected chi connectivity index (χ2v) is 6.96. The molecule has 0 unspecified atom stereocenters. The molecule has 1 heterocycles. The molecular formula is C25H41N3OY. The Morgan fingerprint density at radius 2 is 1.50 bits per heavy atom. The first kappa shape index (κ1) is 33.1. The van der Waals surface area contributed by atoms with Crippen LogP contribution in [0.2, 0.25) is 0 Å². The maximum absolute atomic E-state index is 11.5. The van der Waals surface area contributed by atoms with Crippen LogP contribution in [0.25, 0.3) is 11.0 Å². The number of amides is 1. The number of para-hydroxylation sites is 2. The number of rotatable bonds is 5. The number of fused-ring (bicyclic) bond motifs is 1. The quantitative estimate of drug-likeness (QED) is 0.436. The van der Waals surface area contributed by atoms with Gasteiger partial charge >= 0.3 is 0 Å². The number of nitrogens with zero attached hydrogens (tertiary/aromatic N) is 2. The molecule has 3 aromatic rings. The SMILES string of the molecule is C.C.C.CC(C)NC(=O)CCn1cnc2ccccc21.CC(C)c1ccccc1.[Y]. The van der Waals surface area contributed by atoms with Crippen molar-refractivity contribution in [3.05, 3.63) is 66.5 Å². The third-order valence-electron chi connectivity index (χ3n) is 4.02. The van der Waals surface area contributed by atoms with E-state index >= 15 is 0 Å². The maximum atomic E-state index is 11.5. The smallest absolute Gasteiger partial charge is 0.221 e. The van der Waals surface area contributed by atoms with Crippen molar-refractivity contribution < 1.29 is 37.5 Å². The molecule has 0 aliphatic heterocycles. The monoisotopic (exact) mass is 488 g/mol. The van der Waals surface area contributed by atoms with Crippen LogP contribution >= 0.6 is 0 Å². The predicted molar refractivity (Wildman–Crippen MR) is 128 cm³/mol. The third kappa shape index (κ3) is 11.0. The summed E-state index contributed by atoms with van der Waals surface area (Å²) in [6.07, 6.45) is 2.27. The minimum Gasteiger partial charge on any atom is -0.354 e. The zero-order valence-corrected chi connectivity index (χ0v) is 19.6. The first-order valence-corrected chi connectivity index (χ1v) is 9.21. The molecule has 30 heavy (non-hydrogen) atoms. The number of carbonyl (C=O) groups excluding carboxylic acids is 1. The van der Waals surface area contributed by atoms with E-state index in [2.05, 4.69) is 48.4 Å². The van der Waals surface area contributed by atoms with E-state index in [1.807, 2.05) is 48.7 Å². The average molecular weight is 489 g/mol. The van der Waals surface area contributed by atoms with Crippen LogP contribution in [0.1, 0.15) is 67.9 Å². The van der Waals surface area contributed by atoms with Crippen molar-refractivity contribution in [1.29, 1.82) is 0 Å². The number of aromatic nitrogens is 2. The molecule has 1 N–H and O–H groups in total. The van der Waals surface area contributed by atoms with Crippen LogP contribution < -0.4 is 5.32 Å². The van der Waals surface area contributed by atoms with E-state index in [1.165, 1.54) is 5.56 Å². The Balaban J connectivity index is -0.000000490. The summed E-state index contributed by atoms with van der Waals surface area (Å²) in [5.74, 6) is 0.740. The summed E-state index contributed by atoms with van der Waals surface area (Å²) in [7, 11) is 0. The first-order chi connectivity index (χ1) is 12.5. The van der Waals surface area contributed by atoms with Crippen LogP contribution in [-0.2, 0) is 44.0 Å². The van der Waals surface area contributed by atoms with Gasteiger partial charge in [0.1, 0.15) is 0 Å². The van der Waals surface area contributed by atoms with Gasteiger partial charge in [0, 0.05) is 51.7 Å². The Kier molecular flexibility index (Phi) is 19.0. The van der Waals surface area contributed by atoms with E-state index < -0.39 is 0 Å². The van der Waals surface area contributed by atoms with Crippen LogP contribution in [0.4, 0.5) is 0 Å². The second kappa shape index (κ2) is 17.2. The van der Waals surface area contributed by atoms with Crippen LogP contribution in [0.3, 0.4) is 0 Å². The van der Waals surface area contributed by atoms with E-state index in [0.29, 0.717) is 18.9 Å². The topological polar surface area (TPSA) is 46.9 Å². The zero-order valence-electron chi connectivity index (χ0n) is 16.7. The summed E-state index contributed by atoms with van der Waals surface area (Å²) in [6, 6.07) is 18.6. The van der Waals surface area contributed by atoms with Gasteiger partial charge < -0.3 is 9.88 Å². The number of nitrogens with one attached hydrogen (secondary N) is 1. The van der Waals surface area contributed by atoms with Gasteiger partial charge in [-0.05, 0) is 37.5 Å². The molecule has 4 nitrogen and oxygen atoms in total. The van der Waals surface area contributed by atoms with Gasteiger partial charge in [-0.3, -0.25) is 4.79 Å². The van der Waals surface area contributed by atoms with Crippen molar-refractivity contribution >= 4 is 16.9 Å². The van der Waals surface area contributed by atoms with E-state index in [1.54, 1.807) is 6.33 Å². The molecule has 0 fully saturated rings. The van der Waals surface area contributed by atoms with Crippen molar-refractivity contribution in [1.82, 2.24) is 14.9 Å². The van der Waals surface area contributed by atoms with Gasteiger partial charge in [0.15, 0.2) is 0 Å². The normalized spacial score (nSPS) is 9.27. The van der Waals surface area contributed by atoms with Gasteiger partial charge in [0.2, 0.25) is 5.91 Å². The predicted octanol–water partition coefficient (Wildman–Crippen LogP) is 6.67. The fourth-order valence-corrected chi connectivity index (χ4v) is 2.64. The fourth-order valence-electron chi connectivity index (χ4n) is 2.64. The molecule has 1 amide bonds. The molecule has 0 aliphatic carbocycles. The molecule has 0 spiro atoms. The summed E-state index contributed by atoms with van der Waals surface area (Å²) in [6.45, 7) is 9.00. The van der Waals surface area contributed by atoms with Crippen LogP contribution in [0.15, 0.2) is 60.9 Å². The molecule has 5 heteroatoms. The van der Waals surface area contributed by atoms with Crippen molar-refractivity contribution in [2.75, 3.05) is 0 Å². The summed E-state index contributed by atoms with van der Waals surface area (Å²) in [5.41, 5.74) is 3.46. The molecule has 0 bridgehead atoms. The van der Waals surface area contributed by atoms with E-state index in [-0.39, 0.29) is 66.9 Å². The Hall–Kier alpha value is -1.52. The van der Waals surface area contributed by atoms with Gasteiger partial charge in [-0.25, -0.2) is 4.98 Å². The molecule has 1 radical (unpaired) electrons. The van der Waals surface area contributed by atoms with Crippen molar-refractivity contribution in [2.24, 2.45) is 0 Å². The molecule has 165 valence electrons. The molecule has 0 atom stereocenters. The molecular weight excluding hydrogens is 447 g/mol. The Bertz CT molecular complexity index is 813. The molecule has 0 aliphatic rings. The number of carbonyl (C=O) groups is 1. The summed E-state index contributed by atoms with van der Waals surface area (Å²) in [5, 5.41) is 2.88. The number of imidazole rings is 1. The van der Waals surface area contributed by atoms with Crippen LogP contribution in [0.5, 0.6) is 0 Å². The standard InChI is InChI=1S/C13H17N3O.C9H12.3CH4.Y/c1-10(2)15-13(17)7-8-16-9-14-11-5-3-4-6-12(11)16;1-8(2)9-6-4-3-5-7-9;;;;/h3-6,9-10H,7-8H2,1-2H3,(H,15,17);3-8H,1-2H3;3*1H4;. The Morgan fingerprint density at radius 1 is 0.933 bits per heavy atom. The summed E-state index contributed by atoms with van der Waals surface area (Å²) in [4.78, 5) is 15.8. The molecule has 1 aromatic heterocycles. The van der Waals surface area contributed by atoms with Crippen LogP contribution in [-0.4, -0.2) is 21.5 Å². The molecule has 0 saturated carbocycles. The average Bonchev–Trinajstić information content (AvgIpc) is 3.04. The first-order valence-electron chi connectivity index (χ1n) is 9.21. The summed E-state index contributed by atoms with van der Waals surface area (Å²) < 4.78 is 2.01. The van der Waals surface area contributed by atoms with Gasteiger partial charge in [0.25, 0.3) is 0 Å². The van der Waals surface area contributed by atoms with Crippen LogP contribution in [0, 0.1) is 0 Å². The van der Waals surface area contributed by atoms with Gasteiger partial charge in [-0.15, -0.1) is 0 Å².